The normalized spacial score (nSPS) is 12.3. The van der Waals surface area contributed by atoms with Crippen LogP contribution in [-0.4, -0.2) is 11.3 Å². The maximum Gasteiger partial charge on any atom is 0.130 e. The van der Waals surface area contributed by atoms with Gasteiger partial charge in [-0.2, -0.15) is 0 Å². The Morgan fingerprint density at radius 3 is 2.69 bits per heavy atom. The number of hydrogen-bond donors (Lipinski definition) is 0. The van der Waals surface area contributed by atoms with Gasteiger partial charge in [-0.25, -0.2) is 4.98 Å². The quantitative estimate of drug-likeness (QED) is 0.757. The smallest absolute Gasteiger partial charge is 0.130 e. The molecule has 0 bridgehead atoms. The highest BCUT2D eigenvalue weighted by Gasteiger charge is 2.14. The lowest BCUT2D eigenvalue weighted by atomic mass is 10.0. The maximum absolute atomic E-state index is 11.1. The molecule has 0 aliphatic heterocycles. The Morgan fingerprint density at radius 2 is 2.12 bits per heavy atom. The van der Waals surface area contributed by atoms with Crippen LogP contribution in [0.1, 0.15) is 22.2 Å². The van der Waals surface area contributed by atoms with E-state index in [9.17, 15) is 4.79 Å². The van der Waals surface area contributed by atoms with E-state index in [-0.39, 0.29) is 5.92 Å². The van der Waals surface area contributed by atoms with Crippen LogP contribution in [0.4, 0.5) is 0 Å². The van der Waals surface area contributed by atoms with Crippen molar-refractivity contribution in [3.05, 3.63) is 52.0 Å². The van der Waals surface area contributed by atoms with E-state index >= 15 is 0 Å². The van der Waals surface area contributed by atoms with E-state index in [2.05, 4.69) is 4.98 Å². The average molecular weight is 231 g/mol. The van der Waals surface area contributed by atoms with Crippen molar-refractivity contribution in [1.82, 2.24) is 4.98 Å². The summed E-state index contributed by atoms with van der Waals surface area (Å²) >= 11 is 1.56. The Morgan fingerprint density at radius 1 is 1.38 bits per heavy atom. The molecule has 0 fully saturated rings. The zero-order valence-corrected chi connectivity index (χ0v) is 9.91. The summed E-state index contributed by atoms with van der Waals surface area (Å²) in [6, 6.07) is 10.0. The van der Waals surface area contributed by atoms with Crippen molar-refractivity contribution < 1.29 is 4.79 Å². The highest BCUT2D eigenvalue weighted by molar-refractivity contribution is 7.09. The number of aryl methyl sites for hydroxylation is 1. The van der Waals surface area contributed by atoms with Gasteiger partial charge < -0.3 is 4.79 Å². The number of nitrogens with zero attached hydrogens (tertiary/aromatic N) is 1. The van der Waals surface area contributed by atoms with E-state index in [1.165, 1.54) is 5.56 Å². The Balaban J connectivity index is 2.15. The van der Waals surface area contributed by atoms with Crippen molar-refractivity contribution in [2.24, 2.45) is 0 Å². The van der Waals surface area contributed by atoms with Gasteiger partial charge in [0.05, 0.1) is 5.92 Å². The monoisotopic (exact) mass is 231 g/mol. The summed E-state index contributed by atoms with van der Waals surface area (Å²) in [7, 11) is 0. The highest BCUT2D eigenvalue weighted by Crippen LogP contribution is 2.22. The molecule has 0 spiro atoms. The molecule has 2 rings (SSSR count). The molecule has 1 aromatic carbocycles. The van der Waals surface area contributed by atoms with E-state index in [0.717, 1.165) is 23.4 Å². The lowest BCUT2D eigenvalue weighted by molar-refractivity contribution is -0.109. The van der Waals surface area contributed by atoms with Gasteiger partial charge in [0, 0.05) is 11.1 Å². The molecule has 1 unspecified atom stereocenters. The fourth-order valence-corrected chi connectivity index (χ4v) is 2.46. The van der Waals surface area contributed by atoms with Gasteiger partial charge in [0.25, 0.3) is 0 Å². The molecule has 1 atom stereocenters. The van der Waals surface area contributed by atoms with Gasteiger partial charge in [0.2, 0.25) is 0 Å². The molecule has 0 amide bonds. The Labute approximate surface area is 99.0 Å². The number of aromatic nitrogens is 1. The van der Waals surface area contributed by atoms with Crippen molar-refractivity contribution in [2.45, 2.75) is 19.3 Å². The minimum atomic E-state index is -0.110. The minimum absolute atomic E-state index is 0.110. The zero-order chi connectivity index (χ0) is 11.4. The molecule has 0 saturated heterocycles. The van der Waals surface area contributed by atoms with Crippen LogP contribution in [0.15, 0.2) is 35.7 Å². The van der Waals surface area contributed by atoms with Crippen LogP contribution in [0.3, 0.4) is 0 Å². The van der Waals surface area contributed by atoms with Gasteiger partial charge >= 0.3 is 0 Å². The molecule has 0 radical (unpaired) electrons. The van der Waals surface area contributed by atoms with Crippen molar-refractivity contribution in [1.29, 1.82) is 0 Å². The number of carbonyl (C=O) groups is 1. The largest absolute Gasteiger partial charge is 0.303 e. The zero-order valence-electron chi connectivity index (χ0n) is 9.09. The average Bonchev–Trinajstić information content (AvgIpc) is 2.74. The van der Waals surface area contributed by atoms with Crippen molar-refractivity contribution in [3.63, 3.8) is 0 Å². The first-order valence-electron chi connectivity index (χ1n) is 5.21. The molecule has 0 aliphatic rings. The van der Waals surface area contributed by atoms with Crippen molar-refractivity contribution in [3.8, 4) is 0 Å². The highest BCUT2D eigenvalue weighted by atomic mass is 32.1. The number of thiazole rings is 1. The van der Waals surface area contributed by atoms with E-state index < -0.39 is 0 Å². The van der Waals surface area contributed by atoms with Crippen LogP contribution < -0.4 is 0 Å². The summed E-state index contributed by atoms with van der Waals surface area (Å²) in [6.07, 6.45) is 1.72. The van der Waals surface area contributed by atoms with Crippen LogP contribution in [0.2, 0.25) is 0 Å². The summed E-state index contributed by atoms with van der Waals surface area (Å²) < 4.78 is 0. The maximum atomic E-state index is 11.1. The molecular weight excluding hydrogens is 218 g/mol. The predicted molar refractivity (Wildman–Crippen MR) is 65.8 cm³/mol. The van der Waals surface area contributed by atoms with Gasteiger partial charge in [-0.15, -0.1) is 11.3 Å². The summed E-state index contributed by atoms with van der Waals surface area (Å²) in [5, 5.41) is 2.90. The first-order chi connectivity index (χ1) is 7.79. The summed E-state index contributed by atoms with van der Waals surface area (Å²) in [4.78, 5) is 15.5. The van der Waals surface area contributed by atoms with Crippen LogP contribution in [0.5, 0.6) is 0 Å². The van der Waals surface area contributed by atoms with Crippen LogP contribution in [-0.2, 0) is 11.2 Å². The topological polar surface area (TPSA) is 30.0 Å². The SMILES string of the molecule is Cc1csc(C(C=O)Cc2ccccc2)n1. The van der Waals surface area contributed by atoms with E-state index in [1.54, 1.807) is 11.3 Å². The molecule has 82 valence electrons. The van der Waals surface area contributed by atoms with Crippen LogP contribution in [0.25, 0.3) is 0 Å². The molecule has 16 heavy (non-hydrogen) atoms. The number of carbonyl (C=O) groups excluding carboxylic acids is 1. The summed E-state index contributed by atoms with van der Waals surface area (Å²) in [6.45, 7) is 1.95. The van der Waals surface area contributed by atoms with E-state index in [0.29, 0.717) is 0 Å². The fourth-order valence-electron chi connectivity index (χ4n) is 1.60. The van der Waals surface area contributed by atoms with Crippen molar-refractivity contribution in [2.75, 3.05) is 0 Å². The fraction of sp³-hybridized carbons (Fsp3) is 0.231. The molecule has 1 heterocycles. The van der Waals surface area contributed by atoms with E-state index in [4.69, 9.17) is 0 Å². The van der Waals surface area contributed by atoms with Crippen LogP contribution >= 0.6 is 11.3 Å². The lowest BCUT2D eigenvalue weighted by Gasteiger charge is -2.06. The van der Waals surface area contributed by atoms with Crippen LogP contribution in [0, 0.1) is 6.92 Å². The molecular formula is C13H13NOS. The standard InChI is InChI=1S/C13H13NOS/c1-10-9-16-13(14-10)12(8-15)7-11-5-3-2-4-6-11/h2-6,8-9,12H,7H2,1H3. The molecule has 1 aromatic heterocycles. The second kappa shape index (κ2) is 5.03. The number of rotatable bonds is 4. The molecule has 3 heteroatoms. The Hall–Kier alpha value is -1.48. The van der Waals surface area contributed by atoms with Gasteiger partial charge in [-0.3, -0.25) is 0 Å². The summed E-state index contributed by atoms with van der Waals surface area (Å²) in [5.41, 5.74) is 2.16. The molecule has 0 saturated carbocycles. The Kier molecular flexibility index (Phi) is 3.47. The van der Waals surface area contributed by atoms with Crippen molar-refractivity contribution >= 4 is 17.6 Å². The summed E-state index contributed by atoms with van der Waals surface area (Å²) in [5.74, 6) is -0.110. The third-order valence-electron chi connectivity index (χ3n) is 2.42. The third-order valence-corrected chi connectivity index (χ3v) is 3.51. The molecule has 2 aromatic rings. The van der Waals surface area contributed by atoms with Gasteiger partial charge in [-0.1, -0.05) is 30.3 Å². The second-order valence-electron chi connectivity index (χ2n) is 3.76. The van der Waals surface area contributed by atoms with Gasteiger partial charge in [0.1, 0.15) is 11.3 Å². The predicted octanol–water partition coefficient (Wildman–Crippen LogP) is 2.98. The number of benzene rings is 1. The number of hydrogen-bond acceptors (Lipinski definition) is 3. The molecule has 0 N–H and O–H groups in total. The molecule has 2 nitrogen and oxygen atoms in total. The first-order valence-corrected chi connectivity index (χ1v) is 6.09. The molecule has 0 aliphatic carbocycles. The Bertz CT molecular complexity index is 464. The number of aldehydes is 1. The second-order valence-corrected chi connectivity index (χ2v) is 4.65. The lowest BCUT2D eigenvalue weighted by Crippen LogP contribution is -2.04. The minimum Gasteiger partial charge on any atom is -0.303 e. The van der Waals surface area contributed by atoms with E-state index in [1.807, 2.05) is 42.6 Å². The first kappa shape index (κ1) is 11.0. The van der Waals surface area contributed by atoms with Gasteiger partial charge in [0.15, 0.2) is 0 Å². The van der Waals surface area contributed by atoms with Gasteiger partial charge in [-0.05, 0) is 18.9 Å². The third kappa shape index (κ3) is 2.55.